The summed E-state index contributed by atoms with van der Waals surface area (Å²) in [5.74, 6) is 2.10. The van der Waals surface area contributed by atoms with Crippen molar-refractivity contribution in [3.8, 4) is 0 Å². The topological polar surface area (TPSA) is 60.4 Å². The molecule has 3 saturated carbocycles. The van der Waals surface area contributed by atoms with E-state index in [1.807, 2.05) is 0 Å². The van der Waals surface area contributed by atoms with Gasteiger partial charge in [-0.15, -0.1) is 0 Å². The van der Waals surface area contributed by atoms with Crippen LogP contribution < -0.4 is 0 Å². The standard InChI is InChI=1S/C23H32O4/c1-22-11-9-16(27-21(26)4-3-13-24)14-15(22)5-6-17-18-7-8-20(25)23(18,2)12-10-19(17)22/h5,13,16-19H,3-4,6-12,14H2,1-2H3. The number of hydrogen-bond acceptors (Lipinski definition) is 4. The average Bonchev–Trinajstić information content (AvgIpc) is 2.95. The number of carbonyl (C=O) groups is 3. The van der Waals surface area contributed by atoms with Crippen LogP contribution in [0, 0.1) is 28.6 Å². The maximum absolute atomic E-state index is 12.5. The minimum atomic E-state index is -0.247. The molecule has 3 fully saturated rings. The predicted molar refractivity (Wildman–Crippen MR) is 102 cm³/mol. The molecule has 6 unspecified atom stereocenters. The molecule has 0 spiro atoms. The lowest BCUT2D eigenvalue weighted by molar-refractivity contribution is -0.152. The first kappa shape index (κ1) is 18.9. The van der Waals surface area contributed by atoms with E-state index in [9.17, 15) is 14.4 Å². The van der Waals surface area contributed by atoms with Crippen LogP contribution in [-0.4, -0.2) is 24.1 Å². The number of ketones is 1. The van der Waals surface area contributed by atoms with E-state index in [-0.39, 0.29) is 35.7 Å². The number of ether oxygens (including phenoxy) is 1. The molecule has 4 aliphatic carbocycles. The minimum Gasteiger partial charge on any atom is -0.462 e. The minimum absolute atomic E-state index is 0.0399. The highest BCUT2D eigenvalue weighted by atomic mass is 16.5. The number of hydrogen-bond donors (Lipinski definition) is 0. The lowest BCUT2D eigenvalue weighted by atomic mass is 9.48. The van der Waals surface area contributed by atoms with Gasteiger partial charge in [-0.2, -0.15) is 0 Å². The summed E-state index contributed by atoms with van der Waals surface area (Å²) in [5, 5.41) is 0. The van der Waals surface area contributed by atoms with Crippen molar-refractivity contribution in [2.45, 2.75) is 84.2 Å². The fraction of sp³-hybridized carbons (Fsp3) is 0.783. The van der Waals surface area contributed by atoms with Gasteiger partial charge in [0.05, 0.1) is 6.42 Å². The molecule has 0 bridgehead atoms. The highest BCUT2D eigenvalue weighted by Gasteiger charge is 2.58. The maximum atomic E-state index is 12.5. The Hall–Kier alpha value is -1.45. The maximum Gasteiger partial charge on any atom is 0.306 e. The monoisotopic (exact) mass is 372 g/mol. The largest absolute Gasteiger partial charge is 0.462 e. The predicted octanol–water partition coefficient (Wildman–Crippen LogP) is 4.41. The van der Waals surface area contributed by atoms with Gasteiger partial charge in [0.25, 0.3) is 0 Å². The first-order valence-electron chi connectivity index (χ1n) is 10.7. The lowest BCUT2D eigenvalue weighted by Crippen LogP contribution is -2.50. The van der Waals surface area contributed by atoms with Crippen LogP contribution in [0.3, 0.4) is 0 Å². The highest BCUT2D eigenvalue weighted by molar-refractivity contribution is 5.87. The average molecular weight is 373 g/mol. The third-order valence-corrected chi connectivity index (χ3v) is 8.53. The Labute approximate surface area is 162 Å². The van der Waals surface area contributed by atoms with Crippen LogP contribution >= 0.6 is 0 Å². The molecule has 0 radical (unpaired) electrons. The second-order valence-corrected chi connectivity index (χ2v) is 9.74. The van der Waals surface area contributed by atoms with Crippen molar-refractivity contribution >= 4 is 18.0 Å². The number of carbonyl (C=O) groups excluding carboxylic acids is 3. The molecule has 0 aliphatic heterocycles. The second kappa shape index (κ2) is 6.86. The number of fused-ring (bicyclic) bond motifs is 5. The van der Waals surface area contributed by atoms with Gasteiger partial charge >= 0.3 is 5.97 Å². The van der Waals surface area contributed by atoms with Crippen molar-refractivity contribution in [1.29, 1.82) is 0 Å². The summed E-state index contributed by atoms with van der Waals surface area (Å²) in [6.45, 7) is 4.64. The van der Waals surface area contributed by atoms with Gasteiger partial charge < -0.3 is 9.53 Å². The van der Waals surface area contributed by atoms with Crippen LogP contribution in [-0.2, 0) is 19.1 Å². The summed E-state index contributed by atoms with van der Waals surface area (Å²) < 4.78 is 5.64. The quantitative estimate of drug-likeness (QED) is 0.417. The van der Waals surface area contributed by atoms with Gasteiger partial charge in [-0.1, -0.05) is 25.5 Å². The van der Waals surface area contributed by atoms with Gasteiger partial charge in [0, 0.05) is 24.7 Å². The Morgan fingerprint density at radius 3 is 2.70 bits per heavy atom. The molecule has 0 N–H and O–H groups in total. The summed E-state index contributed by atoms with van der Waals surface area (Å²) in [4.78, 5) is 34.8. The number of rotatable bonds is 4. The van der Waals surface area contributed by atoms with Crippen molar-refractivity contribution in [3.63, 3.8) is 0 Å². The number of Topliss-reactive ketones (excluding diaryl/α,β-unsaturated/α-hetero) is 1. The Morgan fingerprint density at radius 1 is 1.19 bits per heavy atom. The molecule has 0 saturated heterocycles. The molecule has 0 amide bonds. The van der Waals surface area contributed by atoms with Crippen molar-refractivity contribution < 1.29 is 19.1 Å². The number of esters is 1. The zero-order valence-electron chi connectivity index (χ0n) is 16.7. The van der Waals surface area contributed by atoms with Crippen LogP contribution in [0.2, 0.25) is 0 Å². The molecule has 4 rings (SSSR count). The second-order valence-electron chi connectivity index (χ2n) is 9.74. The zero-order valence-corrected chi connectivity index (χ0v) is 16.7. The van der Waals surface area contributed by atoms with Crippen molar-refractivity contribution in [1.82, 2.24) is 0 Å². The van der Waals surface area contributed by atoms with E-state index < -0.39 is 0 Å². The molecule has 4 aliphatic rings. The van der Waals surface area contributed by atoms with Crippen LogP contribution in [0.15, 0.2) is 11.6 Å². The molecular weight excluding hydrogens is 340 g/mol. The molecule has 4 nitrogen and oxygen atoms in total. The van der Waals surface area contributed by atoms with E-state index >= 15 is 0 Å². The number of allylic oxidation sites excluding steroid dienone is 1. The van der Waals surface area contributed by atoms with E-state index in [1.165, 1.54) is 5.57 Å². The zero-order chi connectivity index (χ0) is 19.2. The molecular formula is C23H32O4. The van der Waals surface area contributed by atoms with Gasteiger partial charge in [0.1, 0.15) is 18.2 Å². The molecule has 0 aromatic heterocycles. The first-order chi connectivity index (χ1) is 12.9. The van der Waals surface area contributed by atoms with E-state index in [0.29, 0.717) is 23.5 Å². The molecule has 148 valence electrons. The third kappa shape index (κ3) is 3.00. The van der Waals surface area contributed by atoms with Crippen molar-refractivity contribution in [3.05, 3.63) is 11.6 Å². The van der Waals surface area contributed by atoms with Gasteiger partial charge in [-0.05, 0) is 61.7 Å². The highest BCUT2D eigenvalue weighted by Crippen LogP contribution is 2.64. The molecule has 0 heterocycles. The number of aldehydes is 1. The van der Waals surface area contributed by atoms with Crippen molar-refractivity contribution in [2.75, 3.05) is 0 Å². The van der Waals surface area contributed by atoms with Crippen LogP contribution in [0.1, 0.15) is 78.1 Å². The fourth-order valence-electron chi connectivity index (χ4n) is 6.92. The fourth-order valence-corrected chi connectivity index (χ4v) is 6.92. The van der Waals surface area contributed by atoms with Gasteiger partial charge in [-0.3, -0.25) is 9.59 Å². The third-order valence-electron chi connectivity index (χ3n) is 8.53. The summed E-state index contributed by atoms with van der Waals surface area (Å²) in [6.07, 6.45) is 11.5. The van der Waals surface area contributed by atoms with Crippen molar-refractivity contribution in [2.24, 2.45) is 28.6 Å². The lowest BCUT2D eigenvalue weighted by Gasteiger charge is -2.56. The molecule has 4 heteroatoms. The van der Waals surface area contributed by atoms with Gasteiger partial charge in [-0.25, -0.2) is 0 Å². The van der Waals surface area contributed by atoms with E-state index in [4.69, 9.17) is 4.74 Å². The summed E-state index contributed by atoms with van der Waals surface area (Å²) >= 11 is 0. The molecule has 6 atom stereocenters. The first-order valence-corrected chi connectivity index (χ1v) is 10.7. The summed E-state index contributed by atoms with van der Waals surface area (Å²) in [6, 6.07) is 0. The Bertz CT molecular complexity index is 680. The van der Waals surface area contributed by atoms with E-state index in [0.717, 1.165) is 57.7 Å². The summed E-state index contributed by atoms with van der Waals surface area (Å²) in [5.41, 5.74) is 1.59. The van der Waals surface area contributed by atoms with E-state index in [1.54, 1.807) is 0 Å². The normalized spacial score (nSPS) is 43.2. The van der Waals surface area contributed by atoms with Crippen LogP contribution in [0.4, 0.5) is 0 Å². The molecule has 0 aromatic rings. The van der Waals surface area contributed by atoms with Crippen LogP contribution in [0.25, 0.3) is 0 Å². The van der Waals surface area contributed by atoms with E-state index in [2.05, 4.69) is 19.9 Å². The van der Waals surface area contributed by atoms with Gasteiger partial charge in [0.2, 0.25) is 0 Å². The summed E-state index contributed by atoms with van der Waals surface area (Å²) in [7, 11) is 0. The van der Waals surface area contributed by atoms with Crippen LogP contribution in [0.5, 0.6) is 0 Å². The molecule has 0 aromatic carbocycles. The Kier molecular flexibility index (Phi) is 4.80. The van der Waals surface area contributed by atoms with Gasteiger partial charge in [0.15, 0.2) is 0 Å². The Balaban J connectivity index is 1.49. The Morgan fingerprint density at radius 2 is 1.93 bits per heavy atom. The smallest absolute Gasteiger partial charge is 0.306 e. The SMILES string of the molecule is CC12CCC3C(CC=C4CC(OC(=O)CCC=O)CCC43C)C1CCC2=O. The molecule has 27 heavy (non-hydrogen) atoms.